The van der Waals surface area contributed by atoms with Crippen LogP contribution in [0.1, 0.15) is 5.82 Å². The lowest BCUT2D eigenvalue weighted by Crippen LogP contribution is -2.08. The summed E-state index contributed by atoms with van der Waals surface area (Å²) in [5, 5.41) is 2.98. The molecule has 1 heterocycles. The number of hydrogen-bond acceptors (Lipinski definition) is 4. The average molecular weight is 454 g/mol. The standard InChI is InChI=1S/C16H9Cl2F4N3O2S/c1-28(26,27)9-4-2-8(3-5-9)25-14(23-15(24-25)16(20,21)22)10-6-13(19)12(18)7-11(10)17/h2-7H,1H3. The molecule has 0 atom stereocenters. The van der Waals surface area contributed by atoms with Crippen molar-refractivity contribution in [1.82, 2.24) is 14.8 Å². The van der Waals surface area contributed by atoms with Crippen LogP contribution >= 0.6 is 23.2 Å². The molecule has 0 spiro atoms. The molecule has 0 fully saturated rings. The molecule has 12 heteroatoms. The predicted molar refractivity (Wildman–Crippen MR) is 94.9 cm³/mol. The van der Waals surface area contributed by atoms with Crippen LogP contribution in [0.3, 0.4) is 0 Å². The summed E-state index contributed by atoms with van der Waals surface area (Å²) >= 11 is 11.6. The number of nitrogens with zero attached hydrogens (tertiary/aromatic N) is 3. The average Bonchev–Trinajstić information content (AvgIpc) is 3.03. The van der Waals surface area contributed by atoms with Gasteiger partial charge >= 0.3 is 6.18 Å². The van der Waals surface area contributed by atoms with Crippen molar-refractivity contribution in [2.75, 3.05) is 6.26 Å². The van der Waals surface area contributed by atoms with Crippen molar-refractivity contribution < 1.29 is 26.0 Å². The second kappa shape index (κ2) is 7.02. The maximum Gasteiger partial charge on any atom is 0.453 e. The van der Waals surface area contributed by atoms with Crippen LogP contribution in [-0.2, 0) is 16.0 Å². The summed E-state index contributed by atoms with van der Waals surface area (Å²) in [7, 11) is -3.51. The zero-order chi connectivity index (χ0) is 20.9. The molecule has 0 aliphatic carbocycles. The molecular weight excluding hydrogens is 445 g/mol. The fourth-order valence-electron chi connectivity index (χ4n) is 2.31. The lowest BCUT2D eigenvalue weighted by Gasteiger charge is -2.09. The molecule has 1 aromatic heterocycles. The van der Waals surface area contributed by atoms with E-state index in [2.05, 4.69) is 10.1 Å². The molecule has 3 aromatic rings. The molecular formula is C16H9Cl2F4N3O2S. The summed E-state index contributed by atoms with van der Waals surface area (Å²) in [6, 6.07) is 6.77. The van der Waals surface area contributed by atoms with E-state index in [0.717, 1.165) is 23.1 Å². The van der Waals surface area contributed by atoms with Gasteiger partial charge in [-0.25, -0.2) is 22.5 Å². The normalized spacial score (nSPS) is 12.4. The first-order valence-electron chi connectivity index (χ1n) is 7.37. The Morgan fingerprint density at radius 2 is 1.64 bits per heavy atom. The Kier molecular flexibility index (Phi) is 5.15. The van der Waals surface area contributed by atoms with E-state index in [0.29, 0.717) is 0 Å². The number of rotatable bonds is 3. The van der Waals surface area contributed by atoms with Crippen LogP contribution in [0.5, 0.6) is 0 Å². The van der Waals surface area contributed by atoms with Crippen LogP contribution in [0.4, 0.5) is 17.6 Å². The van der Waals surface area contributed by atoms with Crippen molar-refractivity contribution in [3.8, 4) is 17.1 Å². The second-order valence-corrected chi connectivity index (χ2v) is 8.51. The molecule has 0 aliphatic rings. The zero-order valence-electron chi connectivity index (χ0n) is 13.8. The quantitative estimate of drug-likeness (QED) is 0.421. The molecule has 148 valence electrons. The molecule has 0 amide bonds. The number of hydrogen-bond donors (Lipinski definition) is 0. The highest BCUT2D eigenvalue weighted by molar-refractivity contribution is 7.90. The molecule has 5 nitrogen and oxygen atoms in total. The van der Waals surface area contributed by atoms with Gasteiger partial charge in [-0.1, -0.05) is 23.2 Å². The third-order valence-corrected chi connectivity index (χ3v) is 5.35. The number of sulfone groups is 1. The summed E-state index contributed by atoms with van der Waals surface area (Å²) in [5.74, 6) is -2.77. The summed E-state index contributed by atoms with van der Waals surface area (Å²) in [6.45, 7) is 0. The van der Waals surface area contributed by atoms with Gasteiger partial charge in [-0.2, -0.15) is 13.2 Å². The van der Waals surface area contributed by atoms with E-state index in [1.165, 1.54) is 24.3 Å². The van der Waals surface area contributed by atoms with Crippen LogP contribution in [-0.4, -0.2) is 29.4 Å². The third-order valence-electron chi connectivity index (χ3n) is 3.62. The maximum absolute atomic E-state index is 13.9. The zero-order valence-corrected chi connectivity index (χ0v) is 16.1. The van der Waals surface area contributed by atoms with E-state index < -0.39 is 27.7 Å². The number of aromatic nitrogens is 3. The monoisotopic (exact) mass is 453 g/mol. The summed E-state index contributed by atoms with van der Waals surface area (Å²) in [6.07, 6.45) is -3.88. The first kappa shape index (κ1) is 20.6. The fraction of sp³-hybridized carbons (Fsp3) is 0.125. The van der Waals surface area contributed by atoms with E-state index in [9.17, 15) is 26.0 Å². The van der Waals surface area contributed by atoms with Crippen LogP contribution in [0.15, 0.2) is 41.3 Å². The largest absolute Gasteiger partial charge is 0.453 e. The third kappa shape index (κ3) is 3.98. The van der Waals surface area contributed by atoms with Gasteiger partial charge in [0, 0.05) is 11.8 Å². The van der Waals surface area contributed by atoms with Gasteiger partial charge in [0.25, 0.3) is 5.82 Å². The molecule has 28 heavy (non-hydrogen) atoms. The molecule has 0 radical (unpaired) electrons. The number of halogens is 6. The van der Waals surface area contributed by atoms with Gasteiger partial charge in [0.2, 0.25) is 0 Å². The van der Waals surface area contributed by atoms with Gasteiger partial charge in [0.15, 0.2) is 15.7 Å². The number of benzene rings is 2. The maximum atomic E-state index is 13.9. The summed E-state index contributed by atoms with van der Waals surface area (Å²) in [4.78, 5) is 3.41. The Balaban J connectivity index is 2.24. The highest BCUT2D eigenvalue weighted by Gasteiger charge is 2.38. The van der Waals surface area contributed by atoms with E-state index >= 15 is 0 Å². The van der Waals surface area contributed by atoms with E-state index in [1.54, 1.807) is 0 Å². The van der Waals surface area contributed by atoms with Crippen molar-refractivity contribution in [2.24, 2.45) is 0 Å². The Hall–Kier alpha value is -2.17. The summed E-state index contributed by atoms with van der Waals surface area (Å²) < 4.78 is 77.2. The highest BCUT2D eigenvalue weighted by atomic mass is 35.5. The number of alkyl halides is 3. The molecule has 2 aromatic carbocycles. The van der Waals surface area contributed by atoms with Crippen molar-refractivity contribution in [1.29, 1.82) is 0 Å². The first-order valence-corrected chi connectivity index (χ1v) is 10.0. The molecule has 0 saturated heterocycles. The van der Waals surface area contributed by atoms with E-state index in [4.69, 9.17) is 23.2 Å². The van der Waals surface area contributed by atoms with Gasteiger partial charge in [-0.05, 0) is 36.4 Å². The molecule has 3 rings (SSSR count). The van der Waals surface area contributed by atoms with Gasteiger partial charge in [-0.3, -0.25) is 0 Å². The fourth-order valence-corrected chi connectivity index (χ4v) is 3.41. The van der Waals surface area contributed by atoms with Crippen LogP contribution in [0.25, 0.3) is 17.1 Å². The highest BCUT2D eigenvalue weighted by Crippen LogP contribution is 2.35. The van der Waals surface area contributed by atoms with E-state index in [-0.39, 0.29) is 32.0 Å². The van der Waals surface area contributed by atoms with Crippen LogP contribution in [0.2, 0.25) is 10.0 Å². The topological polar surface area (TPSA) is 64.8 Å². The van der Waals surface area contributed by atoms with Crippen LogP contribution in [0, 0.1) is 5.82 Å². The molecule has 0 N–H and O–H groups in total. The van der Waals surface area contributed by atoms with Gasteiger partial charge in [0.05, 0.1) is 20.6 Å². The smallest absolute Gasteiger partial charge is 0.224 e. The van der Waals surface area contributed by atoms with Gasteiger partial charge < -0.3 is 0 Å². The van der Waals surface area contributed by atoms with Crippen LogP contribution < -0.4 is 0 Å². The minimum absolute atomic E-state index is 0.0375. The molecule has 0 bridgehead atoms. The Bertz CT molecular complexity index is 1160. The van der Waals surface area contributed by atoms with Crippen molar-refractivity contribution in [2.45, 2.75) is 11.1 Å². The molecule has 0 unspecified atom stereocenters. The Labute approximate surface area is 166 Å². The van der Waals surface area contributed by atoms with Crippen molar-refractivity contribution >= 4 is 33.0 Å². The van der Waals surface area contributed by atoms with Crippen molar-refractivity contribution in [3.63, 3.8) is 0 Å². The SMILES string of the molecule is CS(=O)(=O)c1ccc(-n2nc(C(F)(F)F)nc2-c2cc(F)c(Cl)cc2Cl)cc1. The van der Waals surface area contributed by atoms with E-state index in [1.807, 2.05) is 0 Å². The molecule has 0 aliphatic heterocycles. The lowest BCUT2D eigenvalue weighted by atomic mass is 10.2. The first-order chi connectivity index (χ1) is 12.9. The lowest BCUT2D eigenvalue weighted by molar-refractivity contribution is -0.144. The molecule has 0 saturated carbocycles. The second-order valence-electron chi connectivity index (χ2n) is 5.68. The predicted octanol–water partition coefficient (Wildman–Crippen LogP) is 4.80. The van der Waals surface area contributed by atoms with Gasteiger partial charge in [0.1, 0.15) is 5.82 Å². The Morgan fingerprint density at radius 1 is 1.04 bits per heavy atom. The minimum Gasteiger partial charge on any atom is -0.224 e. The van der Waals surface area contributed by atoms with Gasteiger partial charge in [-0.15, -0.1) is 5.10 Å². The van der Waals surface area contributed by atoms with Crippen molar-refractivity contribution in [3.05, 3.63) is 58.1 Å². The Morgan fingerprint density at radius 3 is 2.18 bits per heavy atom. The minimum atomic E-state index is -4.87. The summed E-state index contributed by atoms with van der Waals surface area (Å²) in [5.41, 5.74) is -0.101.